The third-order valence-corrected chi connectivity index (χ3v) is 1.40. The molecule has 6 heteroatoms. The molecule has 1 aromatic rings. The largest absolute Gasteiger partial charge is 0.473 e. The molecule has 0 radical (unpaired) electrons. The molecule has 0 aromatic carbocycles. The lowest BCUT2D eigenvalue weighted by Gasteiger charge is -2.00. The summed E-state index contributed by atoms with van der Waals surface area (Å²) in [4.78, 5) is 0. The first-order chi connectivity index (χ1) is 6.29. The lowest BCUT2D eigenvalue weighted by molar-refractivity contribution is 0.143. The molecular formula is C7H10N4O2. The molecule has 0 aliphatic carbocycles. The number of H-pyrrole nitrogens is 1. The summed E-state index contributed by atoms with van der Waals surface area (Å²) in [5.41, 5.74) is 5.64. The molecular weight excluding hydrogens is 172 g/mol. The van der Waals surface area contributed by atoms with Crippen molar-refractivity contribution in [2.75, 3.05) is 26.1 Å². The number of methoxy groups -OCH3 is 1. The number of nitriles is 1. The van der Waals surface area contributed by atoms with Crippen LogP contribution in [-0.4, -0.2) is 30.5 Å². The zero-order chi connectivity index (χ0) is 9.68. The highest BCUT2D eigenvalue weighted by molar-refractivity contribution is 5.53. The molecule has 6 nitrogen and oxygen atoms in total. The summed E-state index contributed by atoms with van der Waals surface area (Å²) in [6, 6.07) is 1.89. The Morgan fingerprint density at radius 1 is 1.62 bits per heavy atom. The molecule has 0 atom stereocenters. The van der Waals surface area contributed by atoms with E-state index in [1.165, 1.54) is 0 Å². The van der Waals surface area contributed by atoms with Crippen molar-refractivity contribution in [1.82, 2.24) is 10.2 Å². The second-order valence-electron chi connectivity index (χ2n) is 2.27. The van der Waals surface area contributed by atoms with E-state index >= 15 is 0 Å². The normalized spacial score (nSPS) is 9.54. The Kier molecular flexibility index (Phi) is 3.11. The lowest BCUT2D eigenvalue weighted by Crippen LogP contribution is -2.05. The fraction of sp³-hybridized carbons (Fsp3) is 0.429. The van der Waals surface area contributed by atoms with Gasteiger partial charge in [0, 0.05) is 7.11 Å². The molecule has 0 unspecified atom stereocenters. The molecule has 0 aliphatic rings. The number of nitrogen functional groups attached to an aromatic ring is 1. The number of nitrogens with zero attached hydrogens (tertiary/aromatic N) is 2. The maximum absolute atomic E-state index is 8.64. The molecule has 0 bridgehead atoms. The molecule has 0 saturated carbocycles. The third-order valence-electron chi connectivity index (χ3n) is 1.40. The van der Waals surface area contributed by atoms with Gasteiger partial charge in [0.1, 0.15) is 18.5 Å². The zero-order valence-electron chi connectivity index (χ0n) is 7.20. The van der Waals surface area contributed by atoms with E-state index in [4.69, 9.17) is 20.5 Å². The van der Waals surface area contributed by atoms with Crippen molar-refractivity contribution in [2.24, 2.45) is 0 Å². The van der Waals surface area contributed by atoms with Crippen molar-refractivity contribution in [1.29, 1.82) is 5.26 Å². The Balaban J connectivity index is 2.62. The highest BCUT2D eigenvalue weighted by Gasteiger charge is 2.10. The maximum atomic E-state index is 8.64. The number of aromatic amines is 1. The molecule has 0 amide bonds. The average molecular weight is 182 g/mol. The first-order valence-corrected chi connectivity index (χ1v) is 3.65. The van der Waals surface area contributed by atoms with Crippen LogP contribution in [0.15, 0.2) is 0 Å². The third kappa shape index (κ3) is 2.10. The minimum atomic E-state index is 0.218. The molecule has 0 saturated heterocycles. The van der Waals surface area contributed by atoms with Gasteiger partial charge in [0.15, 0.2) is 5.56 Å². The van der Waals surface area contributed by atoms with Crippen LogP contribution in [0.25, 0.3) is 0 Å². The van der Waals surface area contributed by atoms with Crippen LogP contribution >= 0.6 is 0 Å². The van der Waals surface area contributed by atoms with Crippen LogP contribution in [0.2, 0.25) is 0 Å². The monoisotopic (exact) mass is 182 g/mol. The van der Waals surface area contributed by atoms with E-state index in [1.807, 2.05) is 6.07 Å². The number of hydrogen-bond donors (Lipinski definition) is 2. The number of hydrogen-bond acceptors (Lipinski definition) is 5. The van der Waals surface area contributed by atoms with E-state index < -0.39 is 0 Å². The van der Waals surface area contributed by atoms with Crippen molar-refractivity contribution < 1.29 is 9.47 Å². The predicted molar refractivity (Wildman–Crippen MR) is 45.1 cm³/mol. The number of anilines is 1. The van der Waals surface area contributed by atoms with Gasteiger partial charge in [0.05, 0.1) is 6.61 Å². The first-order valence-electron chi connectivity index (χ1n) is 3.65. The van der Waals surface area contributed by atoms with E-state index in [9.17, 15) is 0 Å². The van der Waals surface area contributed by atoms with E-state index in [0.717, 1.165) is 0 Å². The van der Waals surface area contributed by atoms with E-state index in [1.54, 1.807) is 7.11 Å². The Bertz CT molecular complexity index is 315. The summed E-state index contributed by atoms with van der Waals surface area (Å²) in [6.07, 6.45) is 0. The van der Waals surface area contributed by atoms with Gasteiger partial charge in [-0.1, -0.05) is 0 Å². The van der Waals surface area contributed by atoms with Crippen LogP contribution in [0.3, 0.4) is 0 Å². The lowest BCUT2D eigenvalue weighted by atomic mass is 10.3. The van der Waals surface area contributed by atoms with Crippen LogP contribution in [0.1, 0.15) is 5.56 Å². The highest BCUT2D eigenvalue weighted by atomic mass is 16.5. The van der Waals surface area contributed by atoms with E-state index in [-0.39, 0.29) is 17.3 Å². The van der Waals surface area contributed by atoms with Gasteiger partial charge in [-0.3, -0.25) is 5.10 Å². The average Bonchev–Trinajstić information content (AvgIpc) is 2.47. The number of aromatic nitrogens is 2. The van der Waals surface area contributed by atoms with Gasteiger partial charge in [-0.15, -0.1) is 5.10 Å². The first kappa shape index (κ1) is 9.35. The topological polar surface area (TPSA) is 96.9 Å². The summed E-state index contributed by atoms with van der Waals surface area (Å²) < 4.78 is 9.89. The summed E-state index contributed by atoms with van der Waals surface area (Å²) in [5.74, 6) is 0.437. The van der Waals surface area contributed by atoms with E-state index in [0.29, 0.717) is 13.2 Å². The van der Waals surface area contributed by atoms with Crippen molar-refractivity contribution in [2.45, 2.75) is 0 Å². The van der Waals surface area contributed by atoms with Crippen molar-refractivity contribution in [3.8, 4) is 11.9 Å². The molecule has 70 valence electrons. The molecule has 3 N–H and O–H groups in total. The quantitative estimate of drug-likeness (QED) is 0.633. The minimum Gasteiger partial charge on any atom is -0.473 e. The van der Waals surface area contributed by atoms with Gasteiger partial charge in [0.25, 0.3) is 5.88 Å². The van der Waals surface area contributed by atoms with Crippen LogP contribution in [-0.2, 0) is 4.74 Å². The van der Waals surface area contributed by atoms with Crippen LogP contribution < -0.4 is 10.5 Å². The molecule has 0 spiro atoms. The number of nitrogens with one attached hydrogen (secondary N) is 1. The summed E-state index contributed by atoms with van der Waals surface area (Å²) in [6.45, 7) is 0.785. The van der Waals surface area contributed by atoms with Crippen molar-refractivity contribution in [3.63, 3.8) is 0 Å². The summed E-state index contributed by atoms with van der Waals surface area (Å²) >= 11 is 0. The molecule has 1 heterocycles. The van der Waals surface area contributed by atoms with E-state index in [2.05, 4.69) is 10.2 Å². The molecule has 1 rings (SSSR count). The molecule has 13 heavy (non-hydrogen) atoms. The van der Waals surface area contributed by atoms with Gasteiger partial charge in [0.2, 0.25) is 0 Å². The zero-order valence-corrected chi connectivity index (χ0v) is 7.20. The Morgan fingerprint density at radius 3 is 3.00 bits per heavy atom. The highest BCUT2D eigenvalue weighted by Crippen LogP contribution is 2.18. The van der Waals surface area contributed by atoms with Crippen LogP contribution in [0, 0.1) is 11.3 Å². The Hall–Kier alpha value is -1.74. The maximum Gasteiger partial charge on any atom is 0.253 e. The standard InChI is InChI=1S/C7H10N4O2/c1-12-2-3-13-7-5(4-8)6(9)10-11-7/h2-3H2,1H3,(H3,9,10,11). The van der Waals surface area contributed by atoms with Crippen molar-refractivity contribution >= 4 is 5.82 Å². The van der Waals surface area contributed by atoms with Crippen LogP contribution in [0.5, 0.6) is 5.88 Å². The second kappa shape index (κ2) is 4.33. The fourth-order valence-corrected chi connectivity index (χ4v) is 0.772. The van der Waals surface area contributed by atoms with Gasteiger partial charge < -0.3 is 15.2 Å². The van der Waals surface area contributed by atoms with Gasteiger partial charge in [-0.05, 0) is 0 Å². The number of nitrogens with two attached hydrogens (primary N) is 1. The number of rotatable bonds is 4. The molecule has 1 aromatic heterocycles. The van der Waals surface area contributed by atoms with Gasteiger partial charge >= 0.3 is 0 Å². The summed E-state index contributed by atoms with van der Waals surface area (Å²) in [7, 11) is 1.56. The smallest absolute Gasteiger partial charge is 0.253 e. The molecule has 0 fully saturated rings. The van der Waals surface area contributed by atoms with Crippen molar-refractivity contribution in [3.05, 3.63) is 5.56 Å². The number of ether oxygens (including phenoxy) is 2. The van der Waals surface area contributed by atoms with Crippen LogP contribution in [0.4, 0.5) is 5.82 Å². The summed E-state index contributed by atoms with van der Waals surface area (Å²) in [5, 5.41) is 14.8. The second-order valence-corrected chi connectivity index (χ2v) is 2.27. The molecule has 0 aliphatic heterocycles. The fourth-order valence-electron chi connectivity index (χ4n) is 0.772. The van der Waals surface area contributed by atoms with Gasteiger partial charge in [-0.25, -0.2) is 0 Å². The minimum absolute atomic E-state index is 0.218. The predicted octanol–water partition coefficient (Wildman–Crippen LogP) is -0.111. The Labute approximate surface area is 75.2 Å². The van der Waals surface area contributed by atoms with Gasteiger partial charge in [-0.2, -0.15) is 5.26 Å². The SMILES string of the molecule is COCCOc1n[nH]c(N)c1C#N. The Morgan fingerprint density at radius 2 is 2.38 bits per heavy atom.